The summed E-state index contributed by atoms with van der Waals surface area (Å²) in [5.41, 5.74) is 1.47. The van der Waals surface area contributed by atoms with Gasteiger partial charge < -0.3 is 9.80 Å². The van der Waals surface area contributed by atoms with Gasteiger partial charge in [0.25, 0.3) is 0 Å². The number of amides is 2. The lowest BCUT2D eigenvalue weighted by Crippen LogP contribution is -2.42. The fourth-order valence-corrected chi connectivity index (χ4v) is 4.63. The number of carbonyl (C=O) groups excluding carboxylic acids is 2. The van der Waals surface area contributed by atoms with Gasteiger partial charge in [-0.2, -0.15) is 24.0 Å². The first-order valence-electron chi connectivity index (χ1n) is 8.23. The first kappa shape index (κ1) is 16.8. The summed E-state index contributed by atoms with van der Waals surface area (Å²) in [6.07, 6.45) is 3.65. The predicted octanol–water partition coefficient (Wildman–Crippen LogP) is 2.80. The van der Waals surface area contributed by atoms with Gasteiger partial charge in [0.1, 0.15) is 0 Å². The molecule has 1 aliphatic heterocycles. The fraction of sp³-hybridized carbons (Fsp3) is 0.647. The second kappa shape index (κ2) is 6.85. The average Bonchev–Trinajstić information content (AvgIpc) is 2.97. The van der Waals surface area contributed by atoms with E-state index in [0.717, 1.165) is 32.4 Å². The molecule has 126 valence electrons. The van der Waals surface area contributed by atoms with Crippen molar-refractivity contribution in [2.75, 3.05) is 18.8 Å². The molecule has 2 amide bonds. The van der Waals surface area contributed by atoms with Gasteiger partial charge in [0.05, 0.1) is 0 Å². The zero-order valence-corrected chi connectivity index (χ0v) is 15.2. The van der Waals surface area contributed by atoms with E-state index in [0.29, 0.717) is 24.8 Å². The molecule has 23 heavy (non-hydrogen) atoms. The van der Waals surface area contributed by atoms with Crippen molar-refractivity contribution < 1.29 is 9.59 Å². The summed E-state index contributed by atoms with van der Waals surface area (Å²) in [5, 5.41) is 4.17. The minimum Gasteiger partial charge on any atom is -0.343 e. The van der Waals surface area contributed by atoms with Crippen LogP contribution in [0.25, 0.3) is 0 Å². The smallest absolute Gasteiger partial charge is 0.223 e. The first-order valence-corrected chi connectivity index (χ1v) is 9.80. The van der Waals surface area contributed by atoms with E-state index in [9.17, 15) is 9.59 Å². The third kappa shape index (κ3) is 3.58. The van der Waals surface area contributed by atoms with Crippen LogP contribution in [0.4, 0.5) is 0 Å². The number of rotatable bonds is 5. The van der Waals surface area contributed by atoms with Crippen molar-refractivity contribution in [1.29, 1.82) is 0 Å². The summed E-state index contributed by atoms with van der Waals surface area (Å²) in [5.74, 6) is 0.988. The lowest BCUT2D eigenvalue weighted by atomic mass is 9.92. The van der Waals surface area contributed by atoms with Crippen LogP contribution in [0.2, 0.25) is 0 Å². The van der Waals surface area contributed by atoms with E-state index in [1.807, 2.05) is 9.80 Å². The van der Waals surface area contributed by atoms with Crippen LogP contribution in [-0.2, 0) is 16.1 Å². The van der Waals surface area contributed by atoms with Gasteiger partial charge in [-0.15, -0.1) is 0 Å². The molecular weight excluding hydrogens is 328 g/mol. The number of hydrogen-bond donors (Lipinski definition) is 1. The van der Waals surface area contributed by atoms with Crippen molar-refractivity contribution in [3.63, 3.8) is 0 Å². The highest BCUT2D eigenvalue weighted by molar-refractivity contribution is 7.80. The second-order valence-electron chi connectivity index (χ2n) is 6.72. The molecule has 0 radical (unpaired) electrons. The standard InChI is InChI=1S/C17H24N2O2S2/c1-13(20)19(11-14-3-9-23-12-14)15-10-17(15)4-6-18(7-5-17)16(21)2-8-22/h3,9,12,15,22H,2,4-8,10-11H2,1H3. The maximum absolute atomic E-state index is 12.1. The summed E-state index contributed by atoms with van der Waals surface area (Å²) in [6.45, 7) is 4.04. The molecule has 3 rings (SSSR count). The summed E-state index contributed by atoms with van der Waals surface area (Å²) in [7, 11) is 0. The molecule has 1 unspecified atom stereocenters. The van der Waals surface area contributed by atoms with Crippen LogP contribution in [0.3, 0.4) is 0 Å². The molecule has 2 fully saturated rings. The molecule has 1 saturated heterocycles. The van der Waals surface area contributed by atoms with Gasteiger partial charge in [-0.25, -0.2) is 0 Å². The molecule has 6 heteroatoms. The Balaban J connectivity index is 1.59. The number of piperidine rings is 1. The Morgan fingerprint density at radius 3 is 2.74 bits per heavy atom. The summed E-state index contributed by atoms with van der Waals surface area (Å²) >= 11 is 5.81. The summed E-state index contributed by atoms with van der Waals surface area (Å²) < 4.78 is 0. The molecule has 2 heterocycles. The summed E-state index contributed by atoms with van der Waals surface area (Å²) in [4.78, 5) is 28.1. The topological polar surface area (TPSA) is 40.6 Å². The van der Waals surface area contributed by atoms with E-state index < -0.39 is 0 Å². The highest BCUT2D eigenvalue weighted by Gasteiger charge is 2.58. The number of thiol groups is 1. The minimum atomic E-state index is 0.159. The molecule has 1 aliphatic carbocycles. The predicted molar refractivity (Wildman–Crippen MR) is 95.7 cm³/mol. The van der Waals surface area contributed by atoms with Gasteiger partial charge in [0.15, 0.2) is 0 Å². The molecular formula is C17H24N2O2S2. The Morgan fingerprint density at radius 2 is 2.17 bits per heavy atom. The van der Waals surface area contributed by atoms with Gasteiger partial charge in [-0.3, -0.25) is 9.59 Å². The van der Waals surface area contributed by atoms with E-state index in [4.69, 9.17) is 0 Å². The molecule has 1 atom stereocenters. The fourth-order valence-electron chi connectivity index (χ4n) is 3.78. The van der Waals surface area contributed by atoms with Crippen molar-refractivity contribution in [2.24, 2.45) is 5.41 Å². The third-order valence-electron chi connectivity index (χ3n) is 5.30. The van der Waals surface area contributed by atoms with Gasteiger partial charge >= 0.3 is 0 Å². The van der Waals surface area contributed by atoms with Crippen LogP contribution in [0.1, 0.15) is 38.2 Å². The van der Waals surface area contributed by atoms with E-state index in [-0.39, 0.29) is 17.2 Å². The molecule has 0 bridgehead atoms. The Morgan fingerprint density at radius 1 is 1.43 bits per heavy atom. The summed E-state index contributed by atoms with van der Waals surface area (Å²) in [6, 6.07) is 2.44. The molecule has 1 saturated carbocycles. The van der Waals surface area contributed by atoms with Crippen LogP contribution >= 0.6 is 24.0 Å². The van der Waals surface area contributed by atoms with Crippen molar-refractivity contribution in [2.45, 2.75) is 45.2 Å². The van der Waals surface area contributed by atoms with E-state index >= 15 is 0 Å². The molecule has 4 nitrogen and oxygen atoms in total. The average molecular weight is 353 g/mol. The third-order valence-corrected chi connectivity index (χ3v) is 6.25. The van der Waals surface area contributed by atoms with Crippen molar-refractivity contribution >= 4 is 35.8 Å². The lowest BCUT2D eigenvalue weighted by molar-refractivity contribution is -0.134. The zero-order chi connectivity index (χ0) is 16.4. The maximum Gasteiger partial charge on any atom is 0.223 e. The highest BCUT2D eigenvalue weighted by Crippen LogP contribution is 2.57. The van der Waals surface area contributed by atoms with Crippen molar-refractivity contribution in [1.82, 2.24) is 9.80 Å². The SMILES string of the molecule is CC(=O)N(Cc1ccsc1)C1CC12CCN(C(=O)CCS)CC2. The molecule has 1 aromatic rings. The largest absolute Gasteiger partial charge is 0.343 e. The van der Waals surface area contributed by atoms with Crippen LogP contribution in [-0.4, -0.2) is 46.5 Å². The Hall–Kier alpha value is -1.01. The van der Waals surface area contributed by atoms with Crippen LogP contribution in [0.5, 0.6) is 0 Å². The van der Waals surface area contributed by atoms with Crippen LogP contribution in [0.15, 0.2) is 16.8 Å². The number of hydrogen-bond acceptors (Lipinski definition) is 4. The number of thiophene rings is 1. The van der Waals surface area contributed by atoms with Gasteiger partial charge in [-0.05, 0) is 52.8 Å². The normalized spacial score (nSPS) is 22.2. The second-order valence-corrected chi connectivity index (χ2v) is 7.94. The molecule has 0 aromatic carbocycles. The Kier molecular flexibility index (Phi) is 5.01. The monoisotopic (exact) mass is 352 g/mol. The van der Waals surface area contributed by atoms with Crippen LogP contribution < -0.4 is 0 Å². The Bertz CT molecular complexity index is 565. The number of nitrogens with zero attached hydrogens (tertiary/aromatic N) is 2. The van der Waals surface area contributed by atoms with Gasteiger partial charge in [0.2, 0.25) is 11.8 Å². The van der Waals surface area contributed by atoms with E-state index in [1.54, 1.807) is 18.3 Å². The lowest BCUT2D eigenvalue weighted by Gasteiger charge is -2.34. The quantitative estimate of drug-likeness (QED) is 0.828. The number of carbonyl (C=O) groups is 2. The van der Waals surface area contributed by atoms with Crippen molar-refractivity contribution in [3.8, 4) is 0 Å². The highest BCUT2D eigenvalue weighted by atomic mass is 32.1. The zero-order valence-electron chi connectivity index (χ0n) is 13.5. The molecule has 1 aromatic heterocycles. The maximum atomic E-state index is 12.1. The van der Waals surface area contributed by atoms with Gasteiger partial charge in [-0.1, -0.05) is 0 Å². The first-order chi connectivity index (χ1) is 11.1. The molecule has 1 spiro atoms. The van der Waals surface area contributed by atoms with E-state index in [2.05, 4.69) is 29.5 Å². The minimum absolute atomic E-state index is 0.159. The number of likely N-dealkylation sites (tertiary alicyclic amines) is 1. The molecule has 0 N–H and O–H groups in total. The van der Waals surface area contributed by atoms with E-state index in [1.165, 1.54) is 5.56 Å². The molecule has 2 aliphatic rings. The van der Waals surface area contributed by atoms with Crippen LogP contribution in [0, 0.1) is 5.41 Å². The Labute approximate surface area is 147 Å². The van der Waals surface area contributed by atoms with Gasteiger partial charge in [0, 0.05) is 39.0 Å². The van der Waals surface area contributed by atoms with Crippen molar-refractivity contribution in [3.05, 3.63) is 22.4 Å².